The zero-order valence-electron chi connectivity index (χ0n) is 10.6. The van der Waals surface area contributed by atoms with Crippen LogP contribution in [-0.2, 0) is 0 Å². The smallest absolute Gasteiger partial charge is 0.343 e. The Kier molecular flexibility index (Phi) is 3.53. The molecule has 104 valence electrons. The number of ketones is 1. The number of halogens is 2. The zero-order valence-corrected chi connectivity index (χ0v) is 12.1. The Hall–Kier alpha value is -2.10. The van der Waals surface area contributed by atoms with Gasteiger partial charge in [-0.05, 0) is 24.3 Å². The van der Waals surface area contributed by atoms with Gasteiger partial charge in [-0.1, -0.05) is 41.4 Å². The van der Waals surface area contributed by atoms with E-state index in [1.165, 1.54) is 12.3 Å². The van der Waals surface area contributed by atoms with Crippen molar-refractivity contribution in [3.63, 3.8) is 0 Å². The summed E-state index contributed by atoms with van der Waals surface area (Å²) < 4.78 is 4.93. The van der Waals surface area contributed by atoms with Crippen molar-refractivity contribution < 1.29 is 9.21 Å². The first kappa shape index (κ1) is 13.9. The Bertz CT molecular complexity index is 913. The number of hydrogen-bond donors (Lipinski definition) is 0. The highest BCUT2D eigenvalue weighted by Gasteiger charge is 2.16. The Labute approximate surface area is 129 Å². The first-order valence-corrected chi connectivity index (χ1v) is 6.84. The molecule has 0 saturated carbocycles. The van der Waals surface area contributed by atoms with Crippen LogP contribution in [0.15, 0.2) is 57.9 Å². The molecule has 0 aliphatic rings. The summed E-state index contributed by atoms with van der Waals surface area (Å²) in [5, 5.41) is 1.58. The molecule has 0 atom stereocenters. The van der Waals surface area contributed by atoms with Crippen LogP contribution in [-0.4, -0.2) is 5.78 Å². The summed E-state index contributed by atoms with van der Waals surface area (Å²) in [6, 6.07) is 11.4. The highest BCUT2D eigenvalue weighted by Crippen LogP contribution is 2.25. The molecule has 0 fully saturated rings. The Morgan fingerprint density at radius 2 is 1.67 bits per heavy atom. The van der Waals surface area contributed by atoms with E-state index in [-0.39, 0.29) is 5.78 Å². The van der Waals surface area contributed by atoms with Gasteiger partial charge in [0.1, 0.15) is 6.26 Å². The summed E-state index contributed by atoms with van der Waals surface area (Å²) in [4.78, 5) is 24.2. The Morgan fingerprint density at radius 1 is 0.952 bits per heavy atom. The van der Waals surface area contributed by atoms with Crippen LogP contribution in [0.1, 0.15) is 15.9 Å². The number of benzene rings is 2. The second-order valence-corrected chi connectivity index (χ2v) is 5.25. The number of fused-ring (bicyclic) bond motifs is 1. The van der Waals surface area contributed by atoms with Gasteiger partial charge in [0, 0.05) is 10.9 Å². The van der Waals surface area contributed by atoms with Crippen LogP contribution in [0, 0.1) is 0 Å². The molecule has 1 aromatic heterocycles. The van der Waals surface area contributed by atoms with Crippen molar-refractivity contribution in [2.45, 2.75) is 0 Å². The Morgan fingerprint density at radius 3 is 2.38 bits per heavy atom. The molecule has 3 rings (SSSR count). The molecule has 0 aliphatic carbocycles. The van der Waals surface area contributed by atoms with Crippen LogP contribution in [0.25, 0.3) is 10.8 Å². The van der Waals surface area contributed by atoms with E-state index < -0.39 is 5.63 Å². The van der Waals surface area contributed by atoms with Crippen LogP contribution in [0.2, 0.25) is 10.0 Å². The van der Waals surface area contributed by atoms with E-state index in [0.29, 0.717) is 31.9 Å². The number of carbonyl (C=O) groups is 1. The lowest BCUT2D eigenvalue weighted by atomic mass is 10.0. The van der Waals surface area contributed by atoms with E-state index >= 15 is 0 Å². The molecule has 0 saturated heterocycles. The fraction of sp³-hybridized carbons (Fsp3) is 0. The van der Waals surface area contributed by atoms with Crippen molar-refractivity contribution in [2.24, 2.45) is 0 Å². The maximum absolute atomic E-state index is 12.6. The van der Waals surface area contributed by atoms with Crippen LogP contribution >= 0.6 is 23.2 Å². The fourth-order valence-corrected chi connectivity index (χ4v) is 2.40. The predicted octanol–water partition coefficient (Wildman–Crippen LogP) is 4.33. The van der Waals surface area contributed by atoms with Crippen molar-refractivity contribution in [2.75, 3.05) is 0 Å². The van der Waals surface area contributed by atoms with Gasteiger partial charge < -0.3 is 4.42 Å². The maximum Gasteiger partial charge on any atom is 0.343 e. The molecule has 3 aromatic rings. The maximum atomic E-state index is 12.6. The Balaban J connectivity index is 2.20. The lowest BCUT2D eigenvalue weighted by Gasteiger charge is -2.05. The van der Waals surface area contributed by atoms with Crippen LogP contribution in [0.4, 0.5) is 0 Å². The molecule has 2 aromatic carbocycles. The number of carbonyl (C=O) groups excluding carboxylic acids is 1. The highest BCUT2D eigenvalue weighted by atomic mass is 35.5. The summed E-state index contributed by atoms with van der Waals surface area (Å²) in [6.07, 6.45) is 1.18. The van der Waals surface area contributed by atoms with E-state index in [1.807, 2.05) is 0 Å². The normalized spacial score (nSPS) is 10.8. The summed E-state index contributed by atoms with van der Waals surface area (Å²) in [6.45, 7) is 0. The molecule has 5 heteroatoms. The summed E-state index contributed by atoms with van der Waals surface area (Å²) in [5.74, 6) is -0.284. The molecule has 0 unspecified atom stereocenters. The van der Waals surface area contributed by atoms with E-state index in [2.05, 4.69) is 0 Å². The summed E-state index contributed by atoms with van der Waals surface area (Å²) in [5.41, 5.74) is 0.211. The number of rotatable bonds is 2. The molecule has 21 heavy (non-hydrogen) atoms. The van der Waals surface area contributed by atoms with Gasteiger partial charge in [0.05, 0.1) is 21.0 Å². The van der Waals surface area contributed by atoms with E-state index in [0.717, 1.165) is 0 Å². The predicted molar refractivity (Wildman–Crippen MR) is 82.4 cm³/mol. The van der Waals surface area contributed by atoms with E-state index in [4.69, 9.17) is 27.6 Å². The molecule has 3 nitrogen and oxygen atoms in total. The third-order valence-corrected chi connectivity index (χ3v) is 3.89. The van der Waals surface area contributed by atoms with E-state index in [1.54, 1.807) is 36.4 Å². The average molecular weight is 319 g/mol. The van der Waals surface area contributed by atoms with Gasteiger partial charge in [-0.3, -0.25) is 4.79 Å². The topological polar surface area (TPSA) is 47.3 Å². The fourth-order valence-electron chi connectivity index (χ4n) is 2.10. The van der Waals surface area contributed by atoms with Crippen LogP contribution in [0.3, 0.4) is 0 Å². The zero-order chi connectivity index (χ0) is 15.0. The minimum Gasteiger partial charge on any atom is -0.430 e. The standard InChI is InChI=1S/C16H8Cl2O3/c17-13-6-5-9(7-14(13)18)15(19)12-8-21-16(20)11-4-2-1-3-10(11)12/h1-8H. The summed E-state index contributed by atoms with van der Waals surface area (Å²) in [7, 11) is 0. The molecular weight excluding hydrogens is 311 g/mol. The molecule has 0 N–H and O–H groups in total. The van der Waals surface area contributed by atoms with Crippen LogP contribution < -0.4 is 5.63 Å². The summed E-state index contributed by atoms with van der Waals surface area (Å²) >= 11 is 11.8. The lowest BCUT2D eigenvalue weighted by molar-refractivity contribution is 0.103. The molecule has 0 aliphatic heterocycles. The third kappa shape index (κ3) is 2.46. The van der Waals surface area contributed by atoms with Crippen molar-refractivity contribution in [1.82, 2.24) is 0 Å². The molecule has 0 spiro atoms. The minimum absolute atomic E-state index is 0.284. The third-order valence-electron chi connectivity index (χ3n) is 3.15. The van der Waals surface area contributed by atoms with Crippen LogP contribution in [0.5, 0.6) is 0 Å². The van der Waals surface area contributed by atoms with Gasteiger partial charge in [0.2, 0.25) is 0 Å². The van der Waals surface area contributed by atoms with Crippen molar-refractivity contribution >= 4 is 39.8 Å². The number of hydrogen-bond acceptors (Lipinski definition) is 3. The highest BCUT2D eigenvalue weighted by molar-refractivity contribution is 6.42. The molecule has 0 bridgehead atoms. The first-order chi connectivity index (χ1) is 10.1. The SMILES string of the molecule is O=C(c1ccc(Cl)c(Cl)c1)c1coc(=O)c2ccccc12. The largest absolute Gasteiger partial charge is 0.430 e. The molecule has 1 heterocycles. The van der Waals surface area contributed by atoms with Gasteiger partial charge in [0.25, 0.3) is 0 Å². The van der Waals surface area contributed by atoms with Crippen molar-refractivity contribution in [3.05, 3.63) is 80.3 Å². The van der Waals surface area contributed by atoms with Gasteiger partial charge in [-0.15, -0.1) is 0 Å². The second kappa shape index (κ2) is 5.35. The monoisotopic (exact) mass is 318 g/mol. The quantitative estimate of drug-likeness (QED) is 0.661. The minimum atomic E-state index is -0.476. The second-order valence-electron chi connectivity index (χ2n) is 4.44. The van der Waals surface area contributed by atoms with Gasteiger partial charge in [0.15, 0.2) is 5.78 Å². The molecular formula is C16H8Cl2O3. The lowest BCUT2D eigenvalue weighted by Crippen LogP contribution is -2.07. The molecule has 0 amide bonds. The van der Waals surface area contributed by atoms with E-state index in [9.17, 15) is 9.59 Å². The average Bonchev–Trinajstić information content (AvgIpc) is 2.50. The van der Waals surface area contributed by atoms with Gasteiger partial charge in [-0.25, -0.2) is 4.79 Å². The van der Waals surface area contributed by atoms with Crippen molar-refractivity contribution in [1.29, 1.82) is 0 Å². The first-order valence-electron chi connectivity index (χ1n) is 6.08. The molecule has 0 radical (unpaired) electrons. The van der Waals surface area contributed by atoms with Gasteiger partial charge >= 0.3 is 5.63 Å². The van der Waals surface area contributed by atoms with Gasteiger partial charge in [-0.2, -0.15) is 0 Å². The van der Waals surface area contributed by atoms with Crippen molar-refractivity contribution in [3.8, 4) is 0 Å².